The lowest BCUT2D eigenvalue weighted by atomic mass is 10.2. The monoisotopic (exact) mass is 316 g/mol. The normalized spacial score (nSPS) is 21.8. The maximum atomic E-state index is 11.9. The van der Waals surface area contributed by atoms with Crippen LogP contribution < -0.4 is 11.1 Å². The highest BCUT2D eigenvalue weighted by atomic mass is 32.2. The number of rotatable bonds is 6. The van der Waals surface area contributed by atoms with E-state index < -0.39 is 9.84 Å². The molecule has 20 heavy (non-hydrogen) atoms. The molecular formula is C13H20N2O3S2. The Hall–Kier alpha value is -1.08. The van der Waals surface area contributed by atoms with Crippen molar-refractivity contribution in [1.29, 1.82) is 0 Å². The van der Waals surface area contributed by atoms with Crippen LogP contribution in [0.4, 0.5) is 10.7 Å². The number of carbonyl (C=O) groups is 1. The largest absolute Gasteiger partial charge is 0.396 e. The summed E-state index contributed by atoms with van der Waals surface area (Å²) in [6.45, 7) is 3.85. The van der Waals surface area contributed by atoms with Crippen molar-refractivity contribution in [1.82, 2.24) is 0 Å². The highest BCUT2D eigenvalue weighted by molar-refractivity contribution is 7.91. The van der Waals surface area contributed by atoms with Crippen LogP contribution in [0, 0.1) is 5.92 Å². The van der Waals surface area contributed by atoms with Crippen LogP contribution in [0.5, 0.6) is 0 Å². The maximum absolute atomic E-state index is 11.9. The van der Waals surface area contributed by atoms with E-state index in [0.29, 0.717) is 28.3 Å². The van der Waals surface area contributed by atoms with Gasteiger partial charge in [0, 0.05) is 18.7 Å². The van der Waals surface area contributed by atoms with E-state index in [1.807, 2.05) is 0 Å². The number of anilines is 2. The standard InChI is InChI=1S/C13H20N2O3S2/c1-4-7-6-8(7)15-13-12(20(3,17)18)10(14)11(19-13)9(16)5-2/h7-8,15H,4-6,14H2,1-3H3. The summed E-state index contributed by atoms with van der Waals surface area (Å²) in [5.74, 6) is 0.462. The fourth-order valence-corrected chi connectivity index (χ4v) is 4.93. The van der Waals surface area contributed by atoms with Gasteiger partial charge < -0.3 is 11.1 Å². The van der Waals surface area contributed by atoms with Crippen LogP contribution in [0.2, 0.25) is 0 Å². The molecule has 0 bridgehead atoms. The zero-order valence-corrected chi connectivity index (χ0v) is 13.5. The van der Waals surface area contributed by atoms with Crippen molar-refractivity contribution in [3.8, 4) is 0 Å². The Morgan fingerprint density at radius 2 is 2.10 bits per heavy atom. The van der Waals surface area contributed by atoms with E-state index in [-0.39, 0.29) is 16.4 Å². The number of Topliss-reactive ketones (excluding diaryl/α,β-unsaturated/α-hetero) is 1. The summed E-state index contributed by atoms with van der Waals surface area (Å²) in [6.07, 6.45) is 3.54. The molecule has 1 heterocycles. The predicted octanol–water partition coefficient (Wildman–Crippen LogP) is 2.54. The zero-order chi connectivity index (χ0) is 15.1. The molecule has 0 saturated heterocycles. The number of nitrogens with two attached hydrogens (primary N) is 1. The first-order chi connectivity index (χ1) is 9.29. The number of hydrogen-bond donors (Lipinski definition) is 2. The van der Waals surface area contributed by atoms with Gasteiger partial charge in [0.15, 0.2) is 15.6 Å². The fourth-order valence-electron chi connectivity index (χ4n) is 2.30. The summed E-state index contributed by atoms with van der Waals surface area (Å²) in [6, 6.07) is 0.295. The van der Waals surface area contributed by atoms with Crippen LogP contribution in [-0.4, -0.2) is 26.5 Å². The highest BCUT2D eigenvalue weighted by Gasteiger charge is 2.37. The van der Waals surface area contributed by atoms with Gasteiger partial charge in [0.05, 0.1) is 10.6 Å². The van der Waals surface area contributed by atoms with E-state index in [0.717, 1.165) is 30.4 Å². The van der Waals surface area contributed by atoms with Crippen molar-refractivity contribution in [3.05, 3.63) is 4.88 Å². The summed E-state index contributed by atoms with van der Waals surface area (Å²) in [5.41, 5.74) is 6.00. The van der Waals surface area contributed by atoms with Gasteiger partial charge in [-0.3, -0.25) is 4.79 Å². The number of nitrogens with one attached hydrogen (secondary N) is 1. The third-order valence-corrected chi connectivity index (χ3v) is 6.08. The Bertz CT molecular complexity index is 634. The van der Waals surface area contributed by atoms with Gasteiger partial charge >= 0.3 is 0 Å². The number of sulfone groups is 1. The van der Waals surface area contributed by atoms with Crippen molar-refractivity contribution in [2.24, 2.45) is 5.92 Å². The lowest BCUT2D eigenvalue weighted by Gasteiger charge is -2.05. The molecule has 1 aliphatic carbocycles. The van der Waals surface area contributed by atoms with E-state index in [2.05, 4.69) is 12.2 Å². The molecule has 0 amide bonds. The second-order valence-electron chi connectivity index (χ2n) is 5.21. The maximum Gasteiger partial charge on any atom is 0.180 e. The Morgan fingerprint density at radius 3 is 2.55 bits per heavy atom. The Balaban J connectivity index is 2.42. The average molecular weight is 316 g/mol. The van der Waals surface area contributed by atoms with Crippen molar-refractivity contribution in [3.63, 3.8) is 0 Å². The molecule has 1 aromatic heterocycles. The molecule has 112 valence electrons. The molecule has 7 heteroatoms. The molecular weight excluding hydrogens is 296 g/mol. The van der Waals surface area contributed by atoms with Gasteiger partial charge in [-0.05, 0) is 12.3 Å². The minimum Gasteiger partial charge on any atom is -0.396 e. The first-order valence-corrected chi connectivity index (χ1v) is 9.42. The smallest absolute Gasteiger partial charge is 0.180 e. The predicted molar refractivity (Wildman–Crippen MR) is 82.3 cm³/mol. The molecule has 1 aliphatic rings. The topological polar surface area (TPSA) is 89.3 Å². The minimum absolute atomic E-state index is 0.0843. The van der Waals surface area contributed by atoms with E-state index in [4.69, 9.17) is 5.73 Å². The summed E-state index contributed by atoms with van der Waals surface area (Å²) in [4.78, 5) is 12.3. The van der Waals surface area contributed by atoms with Crippen molar-refractivity contribution >= 4 is 37.6 Å². The van der Waals surface area contributed by atoms with Crippen LogP contribution in [0.15, 0.2) is 4.90 Å². The van der Waals surface area contributed by atoms with Gasteiger partial charge in [0.2, 0.25) is 0 Å². The number of carbonyl (C=O) groups excluding carboxylic acids is 1. The first-order valence-electron chi connectivity index (χ1n) is 6.71. The molecule has 0 aromatic carbocycles. The fraction of sp³-hybridized carbons (Fsp3) is 0.615. The molecule has 1 fully saturated rings. The first kappa shape index (κ1) is 15.3. The third-order valence-electron chi connectivity index (χ3n) is 3.61. The van der Waals surface area contributed by atoms with Gasteiger partial charge in [-0.1, -0.05) is 20.3 Å². The van der Waals surface area contributed by atoms with E-state index in [1.54, 1.807) is 6.92 Å². The van der Waals surface area contributed by atoms with Gasteiger partial charge in [-0.15, -0.1) is 11.3 Å². The Morgan fingerprint density at radius 1 is 1.45 bits per heavy atom. The molecule has 0 spiro atoms. The quantitative estimate of drug-likeness (QED) is 0.787. The molecule has 1 aromatic rings. The molecule has 0 radical (unpaired) electrons. The van der Waals surface area contributed by atoms with E-state index in [1.165, 1.54) is 0 Å². The van der Waals surface area contributed by atoms with Crippen LogP contribution in [-0.2, 0) is 9.84 Å². The third kappa shape index (κ3) is 2.83. The van der Waals surface area contributed by atoms with Crippen molar-refractivity contribution < 1.29 is 13.2 Å². The lowest BCUT2D eigenvalue weighted by Crippen LogP contribution is -2.08. The number of ketones is 1. The number of hydrogen-bond acceptors (Lipinski definition) is 6. The van der Waals surface area contributed by atoms with Crippen LogP contribution >= 0.6 is 11.3 Å². The Labute approximate surface area is 123 Å². The molecule has 3 N–H and O–H groups in total. The second-order valence-corrected chi connectivity index (χ2v) is 8.18. The summed E-state index contributed by atoms with van der Waals surface area (Å²) in [7, 11) is -3.46. The molecule has 2 unspecified atom stereocenters. The van der Waals surface area contributed by atoms with Gasteiger partial charge in [-0.25, -0.2) is 8.42 Å². The van der Waals surface area contributed by atoms with Crippen LogP contribution in [0.3, 0.4) is 0 Å². The van der Waals surface area contributed by atoms with Gasteiger partial charge in [0.1, 0.15) is 9.90 Å². The molecule has 0 aliphatic heterocycles. The summed E-state index contributed by atoms with van der Waals surface area (Å²) in [5, 5.41) is 3.76. The van der Waals surface area contributed by atoms with Crippen molar-refractivity contribution in [2.45, 2.75) is 44.0 Å². The SMILES string of the molecule is CCC(=O)c1sc(NC2CC2CC)c(S(C)(=O)=O)c1N. The number of thiophene rings is 1. The number of nitrogen functional groups attached to an aromatic ring is 1. The van der Waals surface area contributed by atoms with E-state index >= 15 is 0 Å². The minimum atomic E-state index is -3.46. The molecule has 1 saturated carbocycles. The average Bonchev–Trinajstić information content (AvgIpc) is 3.02. The molecule has 2 atom stereocenters. The van der Waals surface area contributed by atoms with Gasteiger partial charge in [-0.2, -0.15) is 0 Å². The van der Waals surface area contributed by atoms with Crippen molar-refractivity contribution in [2.75, 3.05) is 17.3 Å². The highest BCUT2D eigenvalue weighted by Crippen LogP contribution is 2.44. The van der Waals surface area contributed by atoms with Gasteiger partial charge in [0.25, 0.3) is 0 Å². The molecule has 5 nitrogen and oxygen atoms in total. The zero-order valence-electron chi connectivity index (χ0n) is 11.9. The summed E-state index contributed by atoms with van der Waals surface area (Å²) < 4.78 is 23.9. The molecule has 2 rings (SSSR count). The van der Waals surface area contributed by atoms with Crippen LogP contribution in [0.25, 0.3) is 0 Å². The van der Waals surface area contributed by atoms with Crippen LogP contribution in [0.1, 0.15) is 42.8 Å². The Kier molecular flexibility index (Phi) is 4.11. The summed E-state index contributed by atoms with van der Waals surface area (Å²) >= 11 is 1.16. The lowest BCUT2D eigenvalue weighted by molar-refractivity contribution is 0.0992. The second kappa shape index (κ2) is 5.37. The van der Waals surface area contributed by atoms with E-state index in [9.17, 15) is 13.2 Å².